The number of aliphatic carboxylic acids is 1. The summed E-state index contributed by atoms with van der Waals surface area (Å²) in [7, 11) is -3.87. The lowest BCUT2D eigenvalue weighted by Gasteiger charge is -2.41. The summed E-state index contributed by atoms with van der Waals surface area (Å²) < 4.78 is 28.2. The molecule has 7 heteroatoms. The molecule has 0 amide bonds. The molecule has 3 rings (SSSR count). The van der Waals surface area contributed by atoms with Crippen LogP contribution in [-0.4, -0.2) is 47.4 Å². The smallest absolute Gasteiger partial charge is 0.321 e. The van der Waals surface area contributed by atoms with Crippen molar-refractivity contribution in [2.75, 3.05) is 5.75 Å². The lowest BCUT2D eigenvalue weighted by molar-refractivity contribution is -0.141. The predicted molar refractivity (Wildman–Crippen MR) is 98.2 cm³/mol. The molecule has 3 saturated carbocycles. The minimum Gasteiger partial charge on any atom is -0.480 e. The van der Waals surface area contributed by atoms with Crippen LogP contribution in [0.2, 0.25) is 0 Å². The molecule has 0 aliphatic heterocycles. The quantitative estimate of drug-likeness (QED) is 0.759. The highest BCUT2D eigenvalue weighted by Crippen LogP contribution is 2.64. The molecule has 3 aliphatic rings. The van der Waals surface area contributed by atoms with Crippen LogP contribution >= 0.6 is 0 Å². The Morgan fingerprint density at radius 1 is 1.23 bits per heavy atom. The number of nitrogens with zero attached hydrogens (tertiary/aromatic N) is 1. The molecule has 26 heavy (non-hydrogen) atoms. The van der Waals surface area contributed by atoms with E-state index in [1.807, 2.05) is 13.8 Å². The second-order valence-corrected chi connectivity index (χ2v) is 10.9. The maximum atomic E-state index is 13.5. The van der Waals surface area contributed by atoms with Crippen LogP contribution in [0.25, 0.3) is 0 Å². The molecule has 2 unspecified atom stereocenters. The Morgan fingerprint density at radius 2 is 1.85 bits per heavy atom. The van der Waals surface area contributed by atoms with E-state index in [0.717, 1.165) is 25.7 Å². The van der Waals surface area contributed by atoms with Crippen LogP contribution < -0.4 is 0 Å². The molecule has 6 nitrogen and oxygen atoms in total. The summed E-state index contributed by atoms with van der Waals surface area (Å²) >= 11 is 0. The van der Waals surface area contributed by atoms with Gasteiger partial charge in [-0.25, -0.2) is 8.42 Å². The summed E-state index contributed by atoms with van der Waals surface area (Å²) in [5.41, 5.74) is -1.20. The first-order chi connectivity index (χ1) is 12.0. The minimum absolute atomic E-state index is 0.0499. The molecule has 0 aromatic heterocycles. The van der Waals surface area contributed by atoms with Gasteiger partial charge in [-0.05, 0) is 43.9 Å². The predicted octanol–water partition coefficient (Wildman–Crippen LogP) is 2.82. The van der Waals surface area contributed by atoms with Crippen molar-refractivity contribution in [3.63, 3.8) is 0 Å². The van der Waals surface area contributed by atoms with Crippen LogP contribution in [0.15, 0.2) is 0 Å². The van der Waals surface area contributed by atoms with Gasteiger partial charge in [-0.3, -0.25) is 9.59 Å². The van der Waals surface area contributed by atoms with Crippen LogP contribution in [0.3, 0.4) is 0 Å². The Bertz CT molecular complexity index is 695. The first-order valence-corrected chi connectivity index (χ1v) is 11.4. The molecule has 3 fully saturated rings. The zero-order chi connectivity index (χ0) is 19.3. The molecule has 3 atom stereocenters. The van der Waals surface area contributed by atoms with Gasteiger partial charge in [-0.2, -0.15) is 4.31 Å². The number of rotatable bonds is 6. The highest BCUT2D eigenvalue weighted by molar-refractivity contribution is 7.89. The third-order valence-electron chi connectivity index (χ3n) is 7.56. The average Bonchev–Trinajstić information content (AvgIpc) is 2.89. The number of carbonyl (C=O) groups is 2. The van der Waals surface area contributed by atoms with E-state index in [2.05, 4.69) is 0 Å². The van der Waals surface area contributed by atoms with E-state index in [1.165, 1.54) is 11.2 Å². The number of fused-ring (bicyclic) bond motifs is 2. The van der Waals surface area contributed by atoms with Gasteiger partial charge in [0.25, 0.3) is 0 Å². The fourth-order valence-electron chi connectivity index (χ4n) is 5.72. The number of carboxylic acids is 1. The first kappa shape index (κ1) is 19.8. The number of sulfonamides is 1. The zero-order valence-electron chi connectivity index (χ0n) is 16.0. The highest BCUT2D eigenvalue weighted by atomic mass is 32.2. The third-order valence-corrected chi connectivity index (χ3v) is 9.68. The number of carbonyl (C=O) groups excluding carboxylic acids is 1. The molecule has 0 aromatic rings. The van der Waals surface area contributed by atoms with Crippen molar-refractivity contribution in [2.45, 2.75) is 84.2 Å². The lowest BCUT2D eigenvalue weighted by Crippen LogP contribution is -2.54. The van der Waals surface area contributed by atoms with Crippen LogP contribution in [0.4, 0.5) is 0 Å². The van der Waals surface area contributed by atoms with E-state index in [0.29, 0.717) is 25.7 Å². The summed E-state index contributed by atoms with van der Waals surface area (Å²) in [4.78, 5) is 24.4. The fourth-order valence-corrected chi connectivity index (χ4v) is 8.41. The van der Waals surface area contributed by atoms with Crippen molar-refractivity contribution in [1.29, 1.82) is 0 Å². The molecule has 0 aromatic carbocycles. The van der Waals surface area contributed by atoms with Crippen molar-refractivity contribution in [1.82, 2.24) is 4.31 Å². The number of hydrogen-bond acceptors (Lipinski definition) is 4. The van der Waals surface area contributed by atoms with Gasteiger partial charge >= 0.3 is 5.97 Å². The normalized spacial score (nSPS) is 32.9. The second-order valence-electron chi connectivity index (χ2n) is 9.06. The fraction of sp³-hybridized carbons (Fsp3) is 0.895. The Labute approximate surface area is 156 Å². The number of Topliss-reactive ketones (excluding diaryl/α,β-unsaturated/α-hetero) is 1. The molecule has 0 spiro atoms. The maximum absolute atomic E-state index is 13.5. The lowest BCUT2D eigenvalue weighted by atomic mass is 9.70. The molecule has 3 aliphatic carbocycles. The summed E-state index contributed by atoms with van der Waals surface area (Å²) in [5.74, 6) is -1.08. The van der Waals surface area contributed by atoms with Gasteiger partial charge in [0.15, 0.2) is 0 Å². The molecular formula is C19H31NO5S. The highest BCUT2D eigenvalue weighted by Gasteiger charge is 2.66. The summed E-state index contributed by atoms with van der Waals surface area (Å²) in [6.07, 6.45) is 6.23. The molecule has 0 saturated heterocycles. The van der Waals surface area contributed by atoms with Gasteiger partial charge in [0.1, 0.15) is 11.8 Å². The van der Waals surface area contributed by atoms with E-state index >= 15 is 0 Å². The summed E-state index contributed by atoms with van der Waals surface area (Å²) in [5, 5.41) is 9.52. The van der Waals surface area contributed by atoms with Gasteiger partial charge in [-0.1, -0.05) is 33.1 Å². The summed E-state index contributed by atoms with van der Waals surface area (Å²) in [6.45, 7) is 5.47. The van der Waals surface area contributed by atoms with Crippen LogP contribution in [-0.2, 0) is 19.6 Å². The minimum atomic E-state index is -3.87. The van der Waals surface area contributed by atoms with Gasteiger partial charge in [-0.15, -0.1) is 0 Å². The second kappa shape index (κ2) is 6.59. The van der Waals surface area contributed by atoms with Crippen LogP contribution in [0, 0.1) is 16.7 Å². The van der Waals surface area contributed by atoms with Crippen LogP contribution in [0.1, 0.15) is 72.1 Å². The number of carboxylic acid groups (broad SMARTS) is 1. The molecule has 148 valence electrons. The Morgan fingerprint density at radius 3 is 2.31 bits per heavy atom. The van der Waals surface area contributed by atoms with Crippen LogP contribution in [0.5, 0.6) is 0 Å². The largest absolute Gasteiger partial charge is 0.480 e. The van der Waals surface area contributed by atoms with Crippen molar-refractivity contribution < 1.29 is 23.1 Å². The van der Waals surface area contributed by atoms with Gasteiger partial charge < -0.3 is 5.11 Å². The van der Waals surface area contributed by atoms with Crippen molar-refractivity contribution in [2.24, 2.45) is 16.7 Å². The SMILES string of the molecule is C[C@@H](C(=O)O)N(C1CCCCC1)S(=O)(=O)CC12CCC(CC1=O)C2(C)C. The topological polar surface area (TPSA) is 91.8 Å². The maximum Gasteiger partial charge on any atom is 0.321 e. The van der Waals surface area contributed by atoms with Crippen molar-refractivity contribution in [3.05, 3.63) is 0 Å². The molecule has 0 heterocycles. The average molecular weight is 386 g/mol. The summed E-state index contributed by atoms with van der Waals surface area (Å²) in [6, 6.07) is -1.37. The number of hydrogen-bond donors (Lipinski definition) is 1. The van der Waals surface area contributed by atoms with Gasteiger partial charge in [0, 0.05) is 17.9 Å². The molecule has 0 radical (unpaired) electrons. The monoisotopic (exact) mass is 385 g/mol. The number of ketones is 1. The van der Waals surface area contributed by atoms with Crippen molar-refractivity contribution in [3.8, 4) is 0 Å². The Kier molecular flexibility index (Phi) is 5.02. The van der Waals surface area contributed by atoms with E-state index in [-0.39, 0.29) is 28.9 Å². The Hall–Kier alpha value is -0.950. The Balaban J connectivity index is 1.95. The standard InChI is InChI=1S/C19H31NO5S/c1-13(17(22)23)20(15-7-5-4-6-8-15)26(24,25)12-19-10-9-14(11-16(19)21)18(19,2)3/h13-15H,4-12H2,1-3H3,(H,22,23)/t13-,14?,19?/m0/s1. The zero-order valence-corrected chi connectivity index (χ0v) is 16.8. The molecular weight excluding hydrogens is 354 g/mol. The van der Waals surface area contributed by atoms with E-state index in [9.17, 15) is 23.1 Å². The van der Waals surface area contributed by atoms with Gasteiger partial charge in [0.05, 0.1) is 5.75 Å². The molecule has 2 bridgehead atoms. The van der Waals surface area contributed by atoms with E-state index in [4.69, 9.17) is 0 Å². The van der Waals surface area contributed by atoms with Crippen molar-refractivity contribution >= 4 is 21.8 Å². The van der Waals surface area contributed by atoms with Gasteiger partial charge in [0.2, 0.25) is 10.0 Å². The van der Waals surface area contributed by atoms with E-state index in [1.54, 1.807) is 0 Å². The molecule has 1 N–H and O–H groups in total. The third kappa shape index (κ3) is 2.91. The first-order valence-electron chi connectivity index (χ1n) is 9.80. The van der Waals surface area contributed by atoms with E-state index < -0.39 is 27.4 Å².